The van der Waals surface area contributed by atoms with E-state index in [0.717, 1.165) is 43.7 Å². The fraction of sp³-hybridized carbons (Fsp3) is 0.222. The molecule has 5 rings (SSSR count). The molecule has 1 atom stereocenters. The second-order valence-corrected chi connectivity index (χ2v) is 9.80. The normalized spacial score (nSPS) is 14.3. The molecule has 0 bridgehead atoms. The van der Waals surface area contributed by atoms with Gasteiger partial charge in [0.15, 0.2) is 5.82 Å². The molecule has 2 aromatic heterocycles. The van der Waals surface area contributed by atoms with Crippen molar-refractivity contribution in [1.82, 2.24) is 14.8 Å². The van der Waals surface area contributed by atoms with Crippen LogP contribution in [0.15, 0.2) is 47.5 Å². The van der Waals surface area contributed by atoms with Crippen LogP contribution in [0.1, 0.15) is 51.2 Å². The lowest BCUT2D eigenvalue weighted by Crippen LogP contribution is -2.12. The summed E-state index contributed by atoms with van der Waals surface area (Å²) in [6, 6.07) is 14.0. The molecular weight excluding hydrogens is 474 g/mol. The fourth-order valence-corrected chi connectivity index (χ4v) is 5.62. The summed E-state index contributed by atoms with van der Waals surface area (Å²) in [5.74, 6) is 1.05. The third kappa shape index (κ3) is 3.85. The molecule has 0 fully saturated rings. The maximum atomic E-state index is 12.3. The summed E-state index contributed by atoms with van der Waals surface area (Å²) < 4.78 is 6.93. The summed E-state index contributed by atoms with van der Waals surface area (Å²) in [5.41, 5.74) is 5.54. The lowest BCUT2D eigenvalue weighted by molar-refractivity contribution is -0.141. The molecule has 1 aliphatic heterocycles. The van der Waals surface area contributed by atoms with Crippen molar-refractivity contribution in [3.63, 3.8) is 0 Å². The minimum Gasteiger partial charge on any atom is -0.507 e. The van der Waals surface area contributed by atoms with E-state index in [0.29, 0.717) is 17.0 Å². The summed E-state index contributed by atoms with van der Waals surface area (Å²) in [6.45, 7) is 6.03. The number of hydrogen-bond acceptors (Lipinski definition) is 8. The second kappa shape index (κ2) is 9.06. The van der Waals surface area contributed by atoms with Crippen molar-refractivity contribution in [2.75, 3.05) is 7.11 Å². The van der Waals surface area contributed by atoms with Crippen molar-refractivity contribution >= 4 is 23.0 Å². The first-order chi connectivity index (χ1) is 17.3. The molecule has 0 saturated heterocycles. The predicted octanol–water partition coefficient (Wildman–Crippen LogP) is 4.95. The molecule has 0 aliphatic carbocycles. The van der Waals surface area contributed by atoms with Crippen molar-refractivity contribution in [3.05, 3.63) is 81.2 Å². The molecule has 1 N–H and O–H groups in total. The number of esters is 1. The van der Waals surface area contributed by atoms with Crippen LogP contribution < -0.4 is 0 Å². The first-order valence-electron chi connectivity index (χ1n) is 11.3. The summed E-state index contributed by atoms with van der Waals surface area (Å²) in [4.78, 5) is 18.5. The maximum Gasteiger partial charge on any atom is 0.308 e. The Hall–Kier alpha value is -4.29. The molecule has 0 amide bonds. The molecular formula is C27H23N5O3S. The molecule has 9 heteroatoms. The first kappa shape index (κ1) is 23.5. The molecule has 1 aliphatic rings. The third-order valence-electron chi connectivity index (χ3n) is 6.42. The van der Waals surface area contributed by atoms with Gasteiger partial charge in [-0.3, -0.25) is 14.4 Å². The molecule has 3 heterocycles. The van der Waals surface area contributed by atoms with Crippen molar-refractivity contribution < 1.29 is 14.6 Å². The van der Waals surface area contributed by atoms with E-state index in [4.69, 9.17) is 9.73 Å². The van der Waals surface area contributed by atoms with Gasteiger partial charge in [0.25, 0.3) is 0 Å². The number of ether oxygens (including phenoxy) is 1. The molecule has 0 radical (unpaired) electrons. The number of carbonyl (C=O) groups excluding carboxylic acids is 1. The van der Waals surface area contributed by atoms with Crippen LogP contribution in [0.3, 0.4) is 0 Å². The number of benzene rings is 2. The van der Waals surface area contributed by atoms with E-state index in [1.807, 2.05) is 35.8 Å². The molecule has 0 unspecified atom stereocenters. The number of phenols is 1. The highest BCUT2D eigenvalue weighted by Gasteiger charge is 2.32. The lowest BCUT2D eigenvalue weighted by atomic mass is 9.96. The third-order valence-corrected chi connectivity index (χ3v) is 7.61. The van der Waals surface area contributed by atoms with Gasteiger partial charge in [0, 0.05) is 21.6 Å². The van der Waals surface area contributed by atoms with Crippen molar-refractivity contribution in [1.29, 1.82) is 5.26 Å². The lowest BCUT2D eigenvalue weighted by Gasteiger charge is -2.12. The summed E-state index contributed by atoms with van der Waals surface area (Å²) in [6.07, 6.45) is 0.0397. The zero-order valence-corrected chi connectivity index (χ0v) is 21.1. The second-order valence-electron chi connectivity index (χ2n) is 8.60. The molecule has 4 aromatic rings. The van der Waals surface area contributed by atoms with Gasteiger partial charge >= 0.3 is 5.97 Å². The van der Waals surface area contributed by atoms with Crippen molar-refractivity contribution in [2.45, 2.75) is 33.2 Å². The van der Waals surface area contributed by atoms with Crippen LogP contribution in [0.25, 0.3) is 16.1 Å². The Labute approximate surface area is 212 Å². The molecule has 2 aromatic carbocycles. The van der Waals surface area contributed by atoms with E-state index in [1.54, 1.807) is 23.5 Å². The zero-order chi connectivity index (χ0) is 25.6. The van der Waals surface area contributed by atoms with Gasteiger partial charge in [-0.15, -0.1) is 21.5 Å². The van der Waals surface area contributed by atoms with Crippen LogP contribution >= 0.6 is 11.3 Å². The van der Waals surface area contributed by atoms with Crippen LogP contribution in [-0.4, -0.2) is 38.7 Å². The maximum absolute atomic E-state index is 12.3. The van der Waals surface area contributed by atoms with Gasteiger partial charge in [-0.25, -0.2) is 0 Å². The van der Waals surface area contributed by atoms with Crippen LogP contribution in [0.4, 0.5) is 0 Å². The van der Waals surface area contributed by atoms with E-state index >= 15 is 0 Å². The largest absolute Gasteiger partial charge is 0.507 e. The highest BCUT2D eigenvalue weighted by atomic mass is 32.1. The Morgan fingerprint density at radius 3 is 2.56 bits per heavy atom. The summed E-state index contributed by atoms with van der Waals surface area (Å²) in [7, 11) is 1.36. The first-order valence-corrected chi connectivity index (χ1v) is 12.1. The molecule has 180 valence electrons. The van der Waals surface area contributed by atoms with Gasteiger partial charge in [-0.1, -0.05) is 24.3 Å². The number of aryl methyl sites for hydroxylation is 2. The van der Waals surface area contributed by atoms with Gasteiger partial charge in [0.1, 0.15) is 22.6 Å². The minimum absolute atomic E-state index is 0.0397. The van der Waals surface area contributed by atoms with Gasteiger partial charge in [-0.2, -0.15) is 5.26 Å². The van der Waals surface area contributed by atoms with E-state index in [1.165, 1.54) is 13.2 Å². The zero-order valence-electron chi connectivity index (χ0n) is 20.2. The van der Waals surface area contributed by atoms with E-state index in [9.17, 15) is 15.2 Å². The summed E-state index contributed by atoms with van der Waals surface area (Å²) >= 11 is 1.65. The minimum atomic E-state index is -0.566. The number of nitriles is 1. The number of aromatic nitrogens is 3. The van der Waals surface area contributed by atoms with Gasteiger partial charge in [-0.05, 0) is 50.1 Å². The Kier molecular flexibility index (Phi) is 5.90. The van der Waals surface area contributed by atoms with E-state index in [-0.39, 0.29) is 18.1 Å². The van der Waals surface area contributed by atoms with Crippen LogP contribution in [0, 0.1) is 32.1 Å². The Bertz CT molecular complexity index is 1570. The van der Waals surface area contributed by atoms with Crippen molar-refractivity contribution in [3.8, 4) is 27.9 Å². The van der Waals surface area contributed by atoms with Crippen molar-refractivity contribution in [2.24, 2.45) is 4.99 Å². The monoisotopic (exact) mass is 497 g/mol. The van der Waals surface area contributed by atoms with Crippen LogP contribution in [0.5, 0.6) is 5.75 Å². The Morgan fingerprint density at radius 2 is 1.86 bits per heavy atom. The molecule has 0 spiro atoms. The summed E-state index contributed by atoms with van der Waals surface area (Å²) in [5, 5.41) is 29.2. The highest BCUT2D eigenvalue weighted by molar-refractivity contribution is 7.15. The van der Waals surface area contributed by atoms with Gasteiger partial charge in [0.05, 0.1) is 30.9 Å². The average molecular weight is 498 g/mol. The Morgan fingerprint density at radius 1 is 1.14 bits per heavy atom. The van der Waals surface area contributed by atoms with Gasteiger partial charge in [0.2, 0.25) is 0 Å². The van der Waals surface area contributed by atoms with Gasteiger partial charge < -0.3 is 9.84 Å². The number of rotatable bonds is 4. The number of hydrogen-bond donors (Lipinski definition) is 1. The SMILES string of the molecule is COC(=O)C[C@@H]1N=C(c2ccc(-c3cc(C#N)ccc3O)cc2)c2c(sc(C)c2C)-n2c(C)nnc21. The number of methoxy groups -OCH3 is 1. The van der Waals surface area contributed by atoms with Crippen LogP contribution in [-0.2, 0) is 9.53 Å². The van der Waals surface area contributed by atoms with E-state index in [2.05, 4.69) is 30.1 Å². The predicted molar refractivity (Wildman–Crippen MR) is 137 cm³/mol. The number of fused-ring (bicyclic) bond motifs is 3. The quantitative estimate of drug-likeness (QED) is 0.399. The Balaban J connectivity index is 1.68. The number of carbonyl (C=O) groups is 1. The number of phenolic OH excluding ortho intramolecular Hbond substituents is 1. The average Bonchev–Trinajstić information content (AvgIpc) is 3.36. The molecule has 8 nitrogen and oxygen atoms in total. The molecule has 0 saturated carbocycles. The smallest absolute Gasteiger partial charge is 0.308 e. The molecule has 36 heavy (non-hydrogen) atoms. The number of nitrogens with zero attached hydrogens (tertiary/aromatic N) is 5. The number of aliphatic imine (C=N–C) groups is 1. The van der Waals surface area contributed by atoms with Crippen LogP contribution in [0.2, 0.25) is 0 Å². The highest BCUT2D eigenvalue weighted by Crippen LogP contribution is 2.40. The topological polar surface area (TPSA) is 113 Å². The fourth-order valence-electron chi connectivity index (χ4n) is 4.41. The number of thiophene rings is 1. The standard InChI is InChI=1S/C27H23N5O3S/c1-14-15(2)36-27-24(14)25(29-21(12-23(34)35-4)26-31-30-16(3)32(26)27)19-8-6-18(7-9-19)20-11-17(13-28)5-10-22(20)33/h5-11,21,33H,12H2,1-4H3/t21-/m0/s1. The number of aromatic hydroxyl groups is 1. The van der Waals surface area contributed by atoms with E-state index < -0.39 is 6.04 Å².